The van der Waals surface area contributed by atoms with Crippen LogP contribution in [0.2, 0.25) is 18.1 Å². The number of phenolic OH excluding ortho intramolecular Hbond substituents is 1. The summed E-state index contributed by atoms with van der Waals surface area (Å²) in [5.41, 5.74) is 5.84. The Balaban J connectivity index is 0.000000189. The number of halogens is 6. The third kappa shape index (κ3) is 15.5. The first-order valence-corrected chi connectivity index (χ1v) is 33.3. The van der Waals surface area contributed by atoms with E-state index in [2.05, 4.69) is 80.5 Å². The van der Waals surface area contributed by atoms with Gasteiger partial charge in [0.1, 0.15) is 29.5 Å². The standard InChI is InChI=1S/C25H30F3N3O3.C22H24F3N3O2.C16H28O4SSi/c1-14(32)13-34-22-7-6-21(15(2)16(22)3)17(4)30-11-20-9-19(30)12-31(20)24(33)18-5-8-23(29-10-18)25(26,27)28;1-12-13(2)19(29)6-5-18(12)14(3)27-10-17-8-16(27)11-28(17)21(30)15-4-7-20(26-9-15)22(23,24)25;1-13-8-10-15(11-9-13)21(17,18)19-12-14(2)20-22(6,7)16(3,4)5/h5-8,10,14,17,19-20,32H,9,11-13H2,1-4H3;4-7,9,14,16-17,29H,8,10-11H2,1-3H3;8-11,14H,12H2,1-7H3/t14-,17+,19+,20+;14-,16-,17-;14-/m101/s1. The molecule has 4 aliphatic heterocycles. The molecule has 3 aromatic carbocycles. The fourth-order valence-electron chi connectivity index (χ4n) is 11.5. The van der Waals surface area contributed by atoms with Gasteiger partial charge in [-0.3, -0.25) is 33.5 Å². The number of hydrogen-bond acceptors (Lipinski definition) is 13. The number of benzene rings is 3. The van der Waals surface area contributed by atoms with Gasteiger partial charge < -0.3 is 29.2 Å². The maximum Gasteiger partial charge on any atom is 0.433 e. The molecule has 0 saturated carbocycles. The molecule has 0 radical (unpaired) electrons. The lowest BCUT2D eigenvalue weighted by Crippen LogP contribution is -2.49. The monoisotopic (exact) mass is 1240 g/mol. The van der Waals surface area contributed by atoms with Gasteiger partial charge in [-0.15, -0.1) is 0 Å². The van der Waals surface area contributed by atoms with E-state index in [9.17, 15) is 54.6 Å². The Labute approximate surface area is 502 Å². The number of ether oxygens (including phenoxy) is 1. The lowest BCUT2D eigenvalue weighted by molar-refractivity contribution is -0.142. The molecule has 470 valence electrons. The van der Waals surface area contributed by atoms with E-state index in [-0.39, 0.29) is 94.2 Å². The molecule has 2 N–H and O–H groups in total. The first-order valence-electron chi connectivity index (χ1n) is 28.9. The van der Waals surface area contributed by atoms with Gasteiger partial charge in [0.25, 0.3) is 21.9 Å². The summed E-state index contributed by atoms with van der Waals surface area (Å²) in [6, 6.07) is 19.2. The number of carbonyl (C=O) groups is 2. The zero-order valence-corrected chi connectivity index (χ0v) is 53.3. The van der Waals surface area contributed by atoms with Crippen LogP contribution in [0.1, 0.15) is 144 Å². The van der Waals surface area contributed by atoms with Crippen LogP contribution in [0.4, 0.5) is 26.3 Å². The highest BCUT2D eigenvalue weighted by Crippen LogP contribution is 2.42. The number of rotatable bonds is 15. The smallest absolute Gasteiger partial charge is 0.433 e. The second-order valence-corrected chi connectivity index (χ2v) is 31.2. The van der Waals surface area contributed by atoms with Crippen molar-refractivity contribution in [1.82, 2.24) is 29.6 Å². The van der Waals surface area contributed by atoms with Crippen molar-refractivity contribution in [3.63, 3.8) is 0 Å². The van der Waals surface area contributed by atoms with Crippen molar-refractivity contribution in [2.45, 2.75) is 180 Å². The molecule has 4 bridgehead atoms. The zero-order chi connectivity index (χ0) is 63.8. The number of aromatic nitrogens is 2. The van der Waals surface area contributed by atoms with Gasteiger partial charge >= 0.3 is 12.4 Å². The Kier molecular flexibility index (Phi) is 20.7. The molecule has 0 unspecified atom stereocenters. The Morgan fingerprint density at radius 2 is 1.08 bits per heavy atom. The van der Waals surface area contributed by atoms with E-state index in [4.69, 9.17) is 13.3 Å². The maximum atomic E-state index is 12.9. The molecule has 15 nitrogen and oxygen atoms in total. The average Bonchev–Trinajstić information content (AvgIpc) is 1.71. The predicted octanol–water partition coefficient (Wildman–Crippen LogP) is 12.3. The quantitative estimate of drug-likeness (QED) is 0.0576. The minimum Gasteiger partial charge on any atom is -0.508 e. The van der Waals surface area contributed by atoms with Crippen LogP contribution in [0.15, 0.2) is 90.1 Å². The Hall–Kier alpha value is -5.95. The summed E-state index contributed by atoms with van der Waals surface area (Å²) in [7, 11) is -5.65. The minimum absolute atomic E-state index is 0.0253. The van der Waals surface area contributed by atoms with Gasteiger partial charge in [-0.1, -0.05) is 50.6 Å². The van der Waals surface area contributed by atoms with Gasteiger partial charge in [-0.05, 0) is 175 Å². The summed E-state index contributed by atoms with van der Waals surface area (Å²) in [5, 5.41) is 19.5. The summed E-state index contributed by atoms with van der Waals surface area (Å²) in [6.45, 7) is 31.2. The van der Waals surface area contributed by atoms with Crippen molar-refractivity contribution >= 4 is 30.2 Å². The van der Waals surface area contributed by atoms with E-state index in [1.807, 2.05) is 46.8 Å². The van der Waals surface area contributed by atoms with Crippen molar-refractivity contribution in [3.05, 3.63) is 147 Å². The molecule has 0 spiro atoms. The van der Waals surface area contributed by atoms with E-state index >= 15 is 0 Å². The number of piperazine rings is 2. The first-order chi connectivity index (χ1) is 39.9. The number of aliphatic hydroxyl groups excluding tert-OH is 1. The van der Waals surface area contributed by atoms with Crippen LogP contribution in [0.5, 0.6) is 11.5 Å². The number of nitrogens with zero attached hydrogens (tertiary/aromatic N) is 6. The number of aromatic hydroxyl groups is 1. The maximum absolute atomic E-state index is 12.9. The van der Waals surface area contributed by atoms with E-state index in [0.717, 1.165) is 76.5 Å². The molecule has 9 rings (SSSR count). The van der Waals surface area contributed by atoms with Gasteiger partial charge in [-0.25, -0.2) is 0 Å². The number of carbonyl (C=O) groups excluding carboxylic acids is 2. The SMILES string of the molecule is Cc1c(O)ccc([C@H](C)N2C[C@@H]3C[C@H]2CN3C(=O)c2ccc(C(F)(F)F)nc2)c1C.Cc1c(OC[C@@H](C)O)ccc([C@H](C)N2C[C@@H]3C[C@H]2CN3C(=O)c2ccc(C(F)(F)F)nc2)c1C.Cc1ccc(S(=O)(=O)OC[C@@H](C)O[Si](C)(C)C(C)(C)C)cc1. The fourth-order valence-corrected chi connectivity index (χ4v) is 13.9. The molecule has 4 saturated heterocycles. The Bertz CT molecular complexity index is 3310. The molecule has 2 aromatic heterocycles. The number of aliphatic hydroxyl groups is 1. The molecule has 0 aliphatic carbocycles. The van der Waals surface area contributed by atoms with Crippen LogP contribution in [-0.2, 0) is 31.1 Å². The predicted molar refractivity (Wildman–Crippen MR) is 318 cm³/mol. The third-order valence-corrected chi connectivity index (χ3v) is 23.6. The number of alkyl halides is 6. The third-order valence-electron chi connectivity index (χ3n) is 17.7. The number of fused-ring (bicyclic) bond motifs is 4. The van der Waals surface area contributed by atoms with E-state index in [1.54, 1.807) is 47.1 Å². The van der Waals surface area contributed by atoms with Gasteiger partial charge in [0, 0.05) is 74.8 Å². The second kappa shape index (κ2) is 26.4. The van der Waals surface area contributed by atoms with Crippen LogP contribution < -0.4 is 4.74 Å². The highest BCUT2D eigenvalue weighted by molar-refractivity contribution is 7.86. The van der Waals surface area contributed by atoms with Gasteiger partial charge in [0.05, 0.1) is 34.8 Å². The summed E-state index contributed by atoms with van der Waals surface area (Å²) < 4.78 is 118. The normalized spacial score (nSPS) is 20.4. The van der Waals surface area contributed by atoms with Crippen LogP contribution in [0, 0.1) is 34.6 Å². The van der Waals surface area contributed by atoms with E-state index in [1.165, 1.54) is 17.7 Å². The lowest BCUT2D eigenvalue weighted by atomic mass is 9.96. The van der Waals surface area contributed by atoms with Crippen molar-refractivity contribution in [1.29, 1.82) is 0 Å². The van der Waals surface area contributed by atoms with Gasteiger partial charge in [0.15, 0.2) is 8.32 Å². The number of hydrogen-bond donors (Lipinski definition) is 2. The molecular formula is C63H82F6N6O9SSi. The number of likely N-dealkylation sites (tertiary alicyclic amines) is 4. The summed E-state index contributed by atoms with van der Waals surface area (Å²) >= 11 is 0. The van der Waals surface area contributed by atoms with Crippen LogP contribution >= 0.6 is 0 Å². The molecule has 86 heavy (non-hydrogen) atoms. The number of aryl methyl sites for hydroxylation is 1. The zero-order valence-electron chi connectivity index (χ0n) is 51.5. The summed E-state index contributed by atoms with van der Waals surface area (Å²) in [6.07, 6.45) is -6.12. The molecule has 4 fully saturated rings. The molecule has 6 heterocycles. The van der Waals surface area contributed by atoms with E-state index in [0.29, 0.717) is 26.2 Å². The highest BCUT2D eigenvalue weighted by atomic mass is 32.2. The molecule has 2 amide bonds. The number of phenols is 1. The molecule has 8 atom stereocenters. The average molecular weight is 1240 g/mol. The number of amides is 2. The van der Waals surface area contributed by atoms with Crippen LogP contribution in [0.25, 0.3) is 0 Å². The summed E-state index contributed by atoms with van der Waals surface area (Å²) in [5.74, 6) is 0.507. The highest BCUT2D eigenvalue weighted by Gasteiger charge is 2.49. The minimum atomic E-state index is -4.52. The van der Waals surface area contributed by atoms with Crippen LogP contribution in [-0.4, -0.2) is 144 Å². The molecular weight excluding hydrogens is 1160 g/mol. The topological polar surface area (TPSA) is 175 Å². The van der Waals surface area contributed by atoms with Crippen molar-refractivity contribution in [3.8, 4) is 11.5 Å². The largest absolute Gasteiger partial charge is 0.508 e. The number of pyridine rings is 2. The van der Waals surface area contributed by atoms with Crippen molar-refractivity contribution in [2.75, 3.05) is 39.4 Å². The van der Waals surface area contributed by atoms with E-state index < -0.39 is 48.3 Å². The second-order valence-electron chi connectivity index (χ2n) is 24.8. The van der Waals surface area contributed by atoms with Crippen molar-refractivity contribution in [2.24, 2.45) is 0 Å². The van der Waals surface area contributed by atoms with Crippen LogP contribution in [0.3, 0.4) is 0 Å². The Morgan fingerprint density at radius 3 is 1.48 bits per heavy atom. The van der Waals surface area contributed by atoms with Gasteiger partial charge in [-0.2, -0.15) is 34.8 Å². The Morgan fingerprint density at radius 1 is 0.628 bits per heavy atom. The molecule has 5 aromatic rings. The first kappa shape index (κ1) is 67.6. The molecule has 23 heteroatoms. The lowest BCUT2D eigenvalue weighted by Gasteiger charge is -2.38. The van der Waals surface area contributed by atoms with Gasteiger partial charge in [0.2, 0.25) is 0 Å². The fraction of sp³-hybridized carbons (Fsp3) is 0.524. The molecule has 4 aliphatic rings. The summed E-state index contributed by atoms with van der Waals surface area (Å²) in [4.78, 5) is 41.1. The van der Waals surface area contributed by atoms with Crippen molar-refractivity contribution < 1.29 is 67.9 Å².